The van der Waals surface area contributed by atoms with Crippen molar-refractivity contribution >= 4 is 10.1 Å². The van der Waals surface area contributed by atoms with Crippen molar-refractivity contribution < 1.29 is 30.3 Å². The molecule has 0 aromatic carbocycles. The van der Waals surface area contributed by atoms with Gasteiger partial charge in [-0.3, -0.25) is 0 Å². The fourth-order valence-corrected chi connectivity index (χ4v) is 1.37. The van der Waals surface area contributed by atoms with E-state index in [0.29, 0.717) is 0 Å². The molecule has 0 unspecified atom stereocenters. The average molecular weight is 245 g/mol. The van der Waals surface area contributed by atoms with Crippen LogP contribution in [0.3, 0.4) is 0 Å². The van der Waals surface area contributed by atoms with E-state index in [2.05, 4.69) is 4.18 Å². The highest BCUT2D eigenvalue weighted by Crippen LogP contribution is 2.25. The third-order valence-corrected chi connectivity index (χ3v) is 2.52. The summed E-state index contributed by atoms with van der Waals surface area (Å²) in [7, 11) is -2.88. The van der Waals surface area contributed by atoms with Crippen LogP contribution in [0.4, 0.5) is 13.2 Å². The van der Waals surface area contributed by atoms with Crippen molar-refractivity contribution in [3.8, 4) is 6.01 Å². The number of imidazole rings is 1. The molecular formula is C6H8F3N2O3S+. The van der Waals surface area contributed by atoms with Crippen molar-refractivity contribution in [2.45, 2.75) is 5.51 Å². The first-order valence-corrected chi connectivity index (χ1v) is 5.07. The minimum absolute atomic E-state index is 0.424. The average Bonchev–Trinajstić information content (AvgIpc) is 2.33. The zero-order valence-corrected chi connectivity index (χ0v) is 8.63. The molecule has 86 valence electrons. The van der Waals surface area contributed by atoms with Gasteiger partial charge in [0.2, 0.25) is 0 Å². The number of alkyl halides is 3. The second-order valence-corrected chi connectivity index (χ2v) is 4.32. The van der Waals surface area contributed by atoms with Gasteiger partial charge in [-0.25, -0.2) is 0 Å². The maximum atomic E-state index is 12.0. The highest BCUT2D eigenvalue weighted by atomic mass is 32.2. The van der Waals surface area contributed by atoms with Crippen LogP contribution in [0.15, 0.2) is 12.4 Å². The van der Waals surface area contributed by atoms with E-state index in [0.717, 1.165) is 9.13 Å². The maximum Gasteiger partial charge on any atom is 0.534 e. The van der Waals surface area contributed by atoms with Gasteiger partial charge in [0.25, 0.3) is 0 Å². The molecule has 15 heavy (non-hydrogen) atoms. The van der Waals surface area contributed by atoms with Gasteiger partial charge >= 0.3 is 21.6 Å². The standard InChI is InChI=1S/C6H8F3N2O3S/c1-10-3-4-11(2)5(10)14-15(12,13)6(7,8)9/h3-4H,1-2H3/q+1. The van der Waals surface area contributed by atoms with Gasteiger partial charge in [0, 0.05) is 0 Å². The van der Waals surface area contributed by atoms with Gasteiger partial charge in [-0.15, -0.1) is 0 Å². The van der Waals surface area contributed by atoms with Gasteiger partial charge in [-0.2, -0.15) is 30.7 Å². The van der Waals surface area contributed by atoms with E-state index in [1.54, 1.807) is 0 Å². The van der Waals surface area contributed by atoms with Crippen molar-refractivity contribution in [1.82, 2.24) is 4.57 Å². The van der Waals surface area contributed by atoms with Crippen LogP contribution >= 0.6 is 0 Å². The van der Waals surface area contributed by atoms with Crippen LogP contribution in [0.1, 0.15) is 0 Å². The van der Waals surface area contributed by atoms with Gasteiger partial charge in [-0.1, -0.05) is 0 Å². The second-order valence-electron chi connectivity index (χ2n) is 2.79. The van der Waals surface area contributed by atoms with Crippen LogP contribution in [0.5, 0.6) is 6.01 Å². The predicted octanol–water partition coefficient (Wildman–Crippen LogP) is 0.0780. The molecule has 0 aliphatic heterocycles. The normalized spacial score (nSPS) is 12.9. The first-order chi connectivity index (χ1) is 6.65. The van der Waals surface area contributed by atoms with Crippen LogP contribution in [-0.2, 0) is 24.2 Å². The molecule has 0 bridgehead atoms. The Bertz CT molecular complexity index is 443. The minimum Gasteiger partial charge on any atom is -0.302 e. The molecule has 0 N–H and O–H groups in total. The first-order valence-electron chi connectivity index (χ1n) is 3.67. The number of hydrogen-bond donors (Lipinski definition) is 0. The van der Waals surface area contributed by atoms with Crippen LogP contribution in [0.2, 0.25) is 0 Å². The highest BCUT2D eigenvalue weighted by Gasteiger charge is 2.50. The maximum absolute atomic E-state index is 12.0. The van der Waals surface area contributed by atoms with Crippen LogP contribution < -0.4 is 8.75 Å². The molecular weight excluding hydrogens is 237 g/mol. The zero-order chi connectivity index (χ0) is 11.9. The molecule has 0 saturated heterocycles. The summed E-state index contributed by atoms with van der Waals surface area (Å²) in [5.41, 5.74) is -5.43. The van der Waals surface area contributed by atoms with E-state index in [1.807, 2.05) is 0 Å². The Kier molecular flexibility index (Phi) is 2.68. The summed E-state index contributed by atoms with van der Waals surface area (Å²) in [6, 6.07) is -0.424. The topological polar surface area (TPSA) is 52.2 Å². The number of rotatable bonds is 2. The summed E-state index contributed by atoms with van der Waals surface area (Å²) in [5.74, 6) is 0. The van der Waals surface area contributed by atoms with E-state index in [9.17, 15) is 21.6 Å². The van der Waals surface area contributed by atoms with Gasteiger partial charge in [-0.05, 0) is 0 Å². The van der Waals surface area contributed by atoms with Crippen molar-refractivity contribution in [3.63, 3.8) is 0 Å². The fraction of sp³-hybridized carbons (Fsp3) is 0.500. The third kappa shape index (κ3) is 2.22. The second kappa shape index (κ2) is 3.40. The lowest BCUT2D eigenvalue weighted by Crippen LogP contribution is -2.35. The summed E-state index contributed by atoms with van der Waals surface area (Å²) >= 11 is 0. The number of nitrogens with zero attached hydrogens (tertiary/aromatic N) is 2. The first kappa shape index (κ1) is 11.8. The molecule has 0 atom stereocenters. The molecule has 1 rings (SSSR count). The zero-order valence-electron chi connectivity index (χ0n) is 7.82. The van der Waals surface area contributed by atoms with Crippen LogP contribution in [0, 0.1) is 0 Å². The summed E-state index contributed by atoms with van der Waals surface area (Å²) in [5, 5.41) is 0. The highest BCUT2D eigenvalue weighted by molar-refractivity contribution is 7.87. The lowest BCUT2D eigenvalue weighted by atomic mass is 10.9. The van der Waals surface area contributed by atoms with Crippen molar-refractivity contribution in [1.29, 1.82) is 0 Å². The van der Waals surface area contributed by atoms with Gasteiger partial charge < -0.3 is 4.18 Å². The van der Waals surface area contributed by atoms with E-state index >= 15 is 0 Å². The smallest absolute Gasteiger partial charge is 0.302 e. The van der Waals surface area contributed by atoms with E-state index < -0.39 is 21.6 Å². The van der Waals surface area contributed by atoms with Gasteiger partial charge in [0.1, 0.15) is 12.4 Å². The van der Waals surface area contributed by atoms with Crippen LogP contribution in [-0.4, -0.2) is 18.5 Å². The lowest BCUT2D eigenvalue weighted by Gasteiger charge is -2.06. The van der Waals surface area contributed by atoms with Gasteiger partial charge in [0.15, 0.2) is 0 Å². The van der Waals surface area contributed by atoms with Crippen molar-refractivity contribution in [2.75, 3.05) is 0 Å². The summed E-state index contributed by atoms with van der Waals surface area (Å²) in [6.45, 7) is 0. The number of halogens is 3. The Labute approximate surface area is 83.8 Å². The molecule has 0 spiro atoms. The molecule has 0 radical (unpaired) electrons. The molecule has 1 aromatic rings. The van der Waals surface area contributed by atoms with Gasteiger partial charge in [0.05, 0.1) is 14.1 Å². The Morgan fingerprint density at radius 2 is 2.00 bits per heavy atom. The largest absolute Gasteiger partial charge is 0.534 e. The SMILES string of the molecule is Cn1cc[n+](C)c1OS(=O)(=O)C(F)(F)F. The predicted molar refractivity (Wildman–Crippen MR) is 42.2 cm³/mol. The lowest BCUT2D eigenvalue weighted by molar-refractivity contribution is -0.674. The molecule has 1 heterocycles. The Balaban J connectivity index is 3.08. The number of aryl methyl sites for hydroxylation is 2. The Morgan fingerprint density at radius 3 is 2.33 bits per heavy atom. The molecule has 0 aliphatic carbocycles. The van der Waals surface area contributed by atoms with E-state index in [-0.39, 0.29) is 0 Å². The molecule has 9 heteroatoms. The molecule has 0 saturated carbocycles. The molecule has 0 amide bonds. The fourth-order valence-electron chi connectivity index (χ4n) is 0.839. The van der Waals surface area contributed by atoms with E-state index in [4.69, 9.17) is 0 Å². The Hall–Kier alpha value is -1.25. The summed E-state index contributed by atoms with van der Waals surface area (Å²) < 4.78 is 63.3. The number of aromatic nitrogens is 2. The molecule has 0 fully saturated rings. The third-order valence-electron chi connectivity index (χ3n) is 1.59. The minimum atomic E-state index is -5.61. The summed E-state index contributed by atoms with van der Waals surface area (Å²) in [6.07, 6.45) is 2.72. The van der Waals surface area contributed by atoms with Crippen LogP contribution in [0.25, 0.3) is 0 Å². The van der Waals surface area contributed by atoms with Crippen molar-refractivity contribution in [3.05, 3.63) is 12.4 Å². The summed E-state index contributed by atoms with van der Waals surface area (Å²) in [4.78, 5) is 0. The quantitative estimate of drug-likeness (QED) is 0.421. The molecule has 0 aliphatic rings. The Morgan fingerprint density at radius 1 is 1.47 bits per heavy atom. The molecule has 5 nitrogen and oxygen atoms in total. The monoisotopic (exact) mass is 245 g/mol. The molecule has 1 aromatic heterocycles. The van der Waals surface area contributed by atoms with E-state index in [1.165, 1.54) is 26.5 Å². The number of hydrogen-bond acceptors (Lipinski definition) is 3. The van der Waals surface area contributed by atoms with Crippen molar-refractivity contribution in [2.24, 2.45) is 14.1 Å².